The second-order valence-electron chi connectivity index (χ2n) is 1.70. The molecular formula is C10H21N3O. The first-order chi connectivity index (χ1) is 6.86. The Morgan fingerprint density at radius 3 is 2.14 bits per heavy atom. The monoisotopic (exact) mass is 199 g/mol. The summed E-state index contributed by atoms with van der Waals surface area (Å²) in [5.41, 5.74) is 0. The van der Waals surface area contributed by atoms with Crippen LogP contribution in [0.4, 0.5) is 5.82 Å². The van der Waals surface area contributed by atoms with Crippen LogP contribution in [0.25, 0.3) is 0 Å². The minimum absolute atomic E-state index is 0.569. The zero-order valence-electron chi connectivity index (χ0n) is 9.96. The number of ether oxygens (including phenoxy) is 1. The average molecular weight is 199 g/mol. The van der Waals surface area contributed by atoms with E-state index in [1.54, 1.807) is 20.2 Å². The van der Waals surface area contributed by atoms with E-state index in [0.717, 1.165) is 5.82 Å². The molecule has 82 valence electrons. The Morgan fingerprint density at radius 1 is 1.14 bits per heavy atom. The highest BCUT2D eigenvalue weighted by atomic mass is 16.5. The Hall–Kier alpha value is -1.32. The van der Waals surface area contributed by atoms with Gasteiger partial charge in [-0.3, -0.25) is 0 Å². The summed E-state index contributed by atoms with van der Waals surface area (Å²) in [5.74, 6) is 1.33. The molecule has 0 aliphatic heterocycles. The van der Waals surface area contributed by atoms with Gasteiger partial charge in [0.15, 0.2) is 0 Å². The number of nitrogens with zero attached hydrogens (tertiary/aromatic N) is 2. The summed E-state index contributed by atoms with van der Waals surface area (Å²) >= 11 is 0. The number of aromatic nitrogens is 2. The minimum atomic E-state index is 0.569. The van der Waals surface area contributed by atoms with Crippen LogP contribution in [0, 0.1) is 0 Å². The van der Waals surface area contributed by atoms with Crippen LogP contribution in [0.2, 0.25) is 0 Å². The molecule has 0 radical (unpaired) electrons. The fourth-order valence-electron chi connectivity index (χ4n) is 0.588. The third-order valence-corrected chi connectivity index (χ3v) is 1.11. The second kappa shape index (κ2) is 11.7. The van der Waals surface area contributed by atoms with Crippen molar-refractivity contribution in [3.05, 3.63) is 12.4 Å². The zero-order chi connectivity index (χ0) is 11.4. The van der Waals surface area contributed by atoms with Crippen LogP contribution >= 0.6 is 0 Å². The summed E-state index contributed by atoms with van der Waals surface area (Å²) in [4.78, 5) is 7.74. The molecule has 1 heterocycles. The fourth-order valence-corrected chi connectivity index (χ4v) is 0.588. The molecule has 4 heteroatoms. The molecule has 0 bridgehead atoms. The van der Waals surface area contributed by atoms with Crippen molar-refractivity contribution in [1.82, 2.24) is 9.97 Å². The highest BCUT2D eigenvalue weighted by Crippen LogP contribution is 2.08. The quantitative estimate of drug-likeness (QED) is 0.795. The van der Waals surface area contributed by atoms with Gasteiger partial charge in [0.05, 0.1) is 7.11 Å². The molecule has 1 rings (SSSR count). The molecule has 0 unspecified atom stereocenters. The van der Waals surface area contributed by atoms with Crippen molar-refractivity contribution in [2.24, 2.45) is 0 Å². The summed E-state index contributed by atoms with van der Waals surface area (Å²) < 4.78 is 4.87. The van der Waals surface area contributed by atoms with Crippen LogP contribution < -0.4 is 10.1 Å². The summed E-state index contributed by atoms with van der Waals surface area (Å²) in [6.45, 7) is 8.00. The van der Waals surface area contributed by atoms with Crippen LogP contribution in [-0.4, -0.2) is 24.1 Å². The smallest absolute Gasteiger partial charge is 0.218 e. The number of hydrogen-bond donors (Lipinski definition) is 1. The standard InChI is InChI=1S/C6H9N3O.2C2H6/c1-7-5-3-6(10-2)9-4-8-5;2*1-2/h3-4H,1-2H3,(H,7,8,9);2*1-2H3. The molecule has 0 saturated heterocycles. The number of rotatable bonds is 2. The van der Waals surface area contributed by atoms with Gasteiger partial charge in [0.1, 0.15) is 12.1 Å². The molecule has 0 spiro atoms. The van der Waals surface area contributed by atoms with Crippen LogP contribution in [0.5, 0.6) is 5.88 Å². The fraction of sp³-hybridized carbons (Fsp3) is 0.600. The molecule has 14 heavy (non-hydrogen) atoms. The van der Waals surface area contributed by atoms with Gasteiger partial charge in [-0.1, -0.05) is 27.7 Å². The van der Waals surface area contributed by atoms with Crippen molar-refractivity contribution in [2.45, 2.75) is 27.7 Å². The highest BCUT2D eigenvalue weighted by molar-refractivity contribution is 5.35. The summed E-state index contributed by atoms with van der Waals surface area (Å²) in [6.07, 6.45) is 1.45. The predicted octanol–water partition coefficient (Wildman–Crippen LogP) is 2.58. The number of nitrogens with one attached hydrogen (secondary N) is 1. The Bertz CT molecular complexity index is 197. The Kier molecular flexibility index (Phi) is 12.7. The lowest BCUT2D eigenvalue weighted by molar-refractivity contribution is 0.397. The molecule has 0 aliphatic rings. The van der Waals surface area contributed by atoms with E-state index >= 15 is 0 Å². The van der Waals surface area contributed by atoms with Gasteiger partial charge in [0, 0.05) is 13.1 Å². The molecule has 1 N–H and O–H groups in total. The van der Waals surface area contributed by atoms with Gasteiger partial charge < -0.3 is 10.1 Å². The lowest BCUT2D eigenvalue weighted by Gasteiger charge is -1.99. The van der Waals surface area contributed by atoms with Crippen LogP contribution in [0.3, 0.4) is 0 Å². The topological polar surface area (TPSA) is 47.0 Å². The molecule has 0 atom stereocenters. The number of anilines is 1. The van der Waals surface area contributed by atoms with Crippen molar-refractivity contribution in [1.29, 1.82) is 0 Å². The highest BCUT2D eigenvalue weighted by Gasteiger charge is 1.92. The van der Waals surface area contributed by atoms with E-state index in [1.807, 2.05) is 27.7 Å². The largest absolute Gasteiger partial charge is 0.481 e. The van der Waals surface area contributed by atoms with E-state index in [9.17, 15) is 0 Å². The maximum atomic E-state index is 4.87. The van der Waals surface area contributed by atoms with Crippen LogP contribution in [0.15, 0.2) is 12.4 Å². The third-order valence-electron chi connectivity index (χ3n) is 1.11. The van der Waals surface area contributed by atoms with Gasteiger partial charge in [-0.15, -0.1) is 0 Å². The van der Waals surface area contributed by atoms with Gasteiger partial charge in [-0.2, -0.15) is 0 Å². The van der Waals surface area contributed by atoms with E-state index < -0.39 is 0 Å². The molecule has 4 nitrogen and oxygen atoms in total. The van der Waals surface area contributed by atoms with Crippen molar-refractivity contribution in [3.63, 3.8) is 0 Å². The molecule has 0 amide bonds. The molecule has 0 fully saturated rings. The normalized spacial score (nSPS) is 7.29. The van der Waals surface area contributed by atoms with E-state index in [4.69, 9.17) is 4.74 Å². The number of hydrogen-bond acceptors (Lipinski definition) is 4. The SMILES string of the molecule is CC.CC.CNc1cc(OC)ncn1. The van der Waals surface area contributed by atoms with Gasteiger partial charge >= 0.3 is 0 Å². The van der Waals surface area contributed by atoms with Crippen molar-refractivity contribution < 1.29 is 4.74 Å². The van der Waals surface area contributed by atoms with Crippen LogP contribution in [-0.2, 0) is 0 Å². The van der Waals surface area contributed by atoms with E-state index in [0.29, 0.717) is 5.88 Å². The van der Waals surface area contributed by atoms with E-state index in [2.05, 4.69) is 15.3 Å². The maximum absolute atomic E-state index is 4.87. The molecule has 0 aromatic carbocycles. The van der Waals surface area contributed by atoms with Crippen molar-refractivity contribution >= 4 is 5.82 Å². The van der Waals surface area contributed by atoms with E-state index in [-0.39, 0.29) is 0 Å². The lowest BCUT2D eigenvalue weighted by atomic mass is 10.5. The van der Waals surface area contributed by atoms with Gasteiger partial charge in [-0.05, 0) is 0 Å². The van der Waals surface area contributed by atoms with Gasteiger partial charge in [0.25, 0.3) is 0 Å². The van der Waals surface area contributed by atoms with E-state index in [1.165, 1.54) is 6.33 Å². The summed E-state index contributed by atoms with van der Waals surface area (Å²) in [7, 11) is 3.36. The van der Waals surface area contributed by atoms with Crippen molar-refractivity contribution in [3.8, 4) is 5.88 Å². The molecule has 1 aromatic rings. The Balaban J connectivity index is 0. The van der Waals surface area contributed by atoms with Crippen LogP contribution in [0.1, 0.15) is 27.7 Å². The first-order valence-electron chi connectivity index (χ1n) is 4.90. The zero-order valence-corrected chi connectivity index (χ0v) is 9.96. The molecule has 1 aromatic heterocycles. The Morgan fingerprint density at radius 2 is 1.71 bits per heavy atom. The molecule has 0 saturated carbocycles. The molecule has 0 aliphatic carbocycles. The van der Waals surface area contributed by atoms with Gasteiger partial charge in [0.2, 0.25) is 5.88 Å². The maximum Gasteiger partial charge on any atom is 0.218 e. The van der Waals surface area contributed by atoms with Gasteiger partial charge in [-0.25, -0.2) is 9.97 Å². The predicted molar refractivity (Wildman–Crippen MR) is 60.8 cm³/mol. The summed E-state index contributed by atoms with van der Waals surface area (Å²) in [6, 6.07) is 1.72. The number of methoxy groups -OCH3 is 1. The first-order valence-corrected chi connectivity index (χ1v) is 4.90. The Labute approximate surface area is 86.7 Å². The average Bonchev–Trinajstić information content (AvgIpc) is 2.34. The molecular weight excluding hydrogens is 178 g/mol. The second-order valence-corrected chi connectivity index (χ2v) is 1.70. The minimum Gasteiger partial charge on any atom is -0.481 e. The first kappa shape index (κ1) is 15.2. The van der Waals surface area contributed by atoms with Crippen molar-refractivity contribution in [2.75, 3.05) is 19.5 Å². The lowest BCUT2D eigenvalue weighted by Crippen LogP contribution is -1.94. The third kappa shape index (κ3) is 6.22. The summed E-state index contributed by atoms with van der Waals surface area (Å²) in [5, 5.41) is 2.87.